The first-order valence-corrected chi connectivity index (χ1v) is 6.40. The Morgan fingerprint density at radius 1 is 1.58 bits per heavy atom. The number of fused-ring (bicyclic) bond motifs is 1. The molecule has 3 rings (SSSR count). The molecule has 0 saturated carbocycles. The molecule has 1 saturated heterocycles. The van der Waals surface area contributed by atoms with Gasteiger partial charge in [-0.3, -0.25) is 5.43 Å². The van der Waals surface area contributed by atoms with Gasteiger partial charge in [-0.15, -0.1) is 0 Å². The predicted octanol–water partition coefficient (Wildman–Crippen LogP) is 1.08. The molecular formula is C13H16N6. The minimum absolute atomic E-state index is 0.247. The van der Waals surface area contributed by atoms with Crippen LogP contribution in [0.3, 0.4) is 0 Å². The predicted molar refractivity (Wildman–Crippen MR) is 73.4 cm³/mol. The Labute approximate surface area is 111 Å². The number of anilines is 1. The molecule has 6 nitrogen and oxygen atoms in total. The number of rotatable bonds is 3. The number of pyridine rings is 1. The summed E-state index contributed by atoms with van der Waals surface area (Å²) >= 11 is 0. The first-order chi connectivity index (χ1) is 9.35. The normalized spacial score (nSPS) is 18.9. The number of nitriles is 1. The van der Waals surface area contributed by atoms with Crippen LogP contribution in [-0.4, -0.2) is 29.7 Å². The number of nitrogens with one attached hydrogen (secondary N) is 3. The van der Waals surface area contributed by atoms with E-state index in [1.54, 1.807) is 12.4 Å². The Balaban J connectivity index is 2.09. The smallest absolute Gasteiger partial charge is 0.140 e. The van der Waals surface area contributed by atoms with Crippen LogP contribution >= 0.6 is 0 Å². The third-order valence-corrected chi connectivity index (χ3v) is 3.55. The highest BCUT2D eigenvalue weighted by atomic mass is 15.5. The molecule has 0 aliphatic carbocycles. The molecule has 6 heteroatoms. The lowest BCUT2D eigenvalue weighted by molar-refractivity contribution is 0.470. The summed E-state index contributed by atoms with van der Waals surface area (Å²) in [6, 6.07) is 4.21. The largest absolute Gasteiger partial charge is 0.354 e. The van der Waals surface area contributed by atoms with Crippen LogP contribution < -0.4 is 15.8 Å². The third-order valence-electron chi connectivity index (χ3n) is 3.55. The summed E-state index contributed by atoms with van der Waals surface area (Å²) in [4.78, 5) is 9.62. The van der Waals surface area contributed by atoms with E-state index in [4.69, 9.17) is 0 Å². The van der Waals surface area contributed by atoms with Gasteiger partial charge in [-0.2, -0.15) is 5.26 Å². The average molecular weight is 256 g/mol. The molecule has 2 aromatic heterocycles. The van der Waals surface area contributed by atoms with Crippen molar-refractivity contribution < 1.29 is 0 Å². The van der Waals surface area contributed by atoms with Crippen LogP contribution in [0.4, 0.5) is 5.69 Å². The number of aromatic amines is 1. The second kappa shape index (κ2) is 4.88. The lowest BCUT2D eigenvalue weighted by Crippen LogP contribution is -2.46. The zero-order chi connectivity index (χ0) is 13.2. The maximum atomic E-state index is 9.22. The number of nitrogens with zero attached hydrogens (tertiary/aromatic N) is 3. The molecule has 3 N–H and O–H groups in total. The summed E-state index contributed by atoms with van der Waals surface area (Å²) in [5.41, 5.74) is 8.73. The molecule has 0 spiro atoms. The minimum Gasteiger partial charge on any atom is -0.354 e. The van der Waals surface area contributed by atoms with Crippen molar-refractivity contribution in [3.8, 4) is 6.07 Å². The van der Waals surface area contributed by atoms with Crippen LogP contribution in [0.15, 0.2) is 18.5 Å². The Hall–Kier alpha value is -2.10. The number of H-pyrrole nitrogens is 1. The van der Waals surface area contributed by atoms with Gasteiger partial charge < -0.3 is 9.88 Å². The molecule has 3 heterocycles. The zero-order valence-corrected chi connectivity index (χ0v) is 10.8. The Morgan fingerprint density at radius 2 is 2.47 bits per heavy atom. The van der Waals surface area contributed by atoms with Crippen LogP contribution in [0.1, 0.15) is 18.4 Å². The lowest BCUT2D eigenvalue weighted by Gasteiger charge is -2.27. The second-order valence-corrected chi connectivity index (χ2v) is 4.61. The van der Waals surface area contributed by atoms with Crippen LogP contribution in [0.5, 0.6) is 0 Å². The molecule has 0 radical (unpaired) electrons. The van der Waals surface area contributed by atoms with Crippen molar-refractivity contribution >= 4 is 16.7 Å². The van der Waals surface area contributed by atoms with Crippen molar-refractivity contribution in [1.82, 2.24) is 20.8 Å². The van der Waals surface area contributed by atoms with Gasteiger partial charge in [-0.25, -0.2) is 10.4 Å². The highest BCUT2D eigenvalue weighted by Crippen LogP contribution is 2.32. The van der Waals surface area contributed by atoms with Crippen molar-refractivity contribution in [2.24, 2.45) is 0 Å². The van der Waals surface area contributed by atoms with Gasteiger partial charge in [0.05, 0.1) is 22.8 Å². The SMILES string of the molecule is CNN[C@H]1CCCN1c1ccnc2[nH]cc(C#N)c12. The maximum absolute atomic E-state index is 9.22. The van der Waals surface area contributed by atoms with Crippen LogP contribution in [0.25, 0.3) is 11.0 Å². The number of hydrazine groups is 1. The minimum atomic E-state index is 0.247. The van der Waals surface area contributed by atoms with Gasteiger partial charge in [0.2, 0.25) is 0 Å². The molecule has 0 aromatic carbocycles. The molecule has 1 aliphatic rings. The van der Waals surface area contributed by atoms with Gasteiger partial charge in [0, 0.05) is 18.9 Å². The van der Waals surface area contributed by atoms with Gasteiger partial charge in [-0.1, -0.05) is 0 Å². The summed E-state index contributed by atoms with van der Waals surface area (Å²) in [7, 11) is 1.87. The fourth-order valence-electron chi connectivity index (χ4n) is 2.74. The molecular weight excluding hydrogens is 240 g/mol. The van der Waals surface area contributed by atoms with Gasteiger partial charge in [0.25, 0.3) is 0 Å². The molecule has 0 bridgehead atoms. The highest BCUT2D eigenvalue weighted by molar-refractivity contribution is 5.95. The molecule has 1 atom stereocenters. The summed E-state index contributed by atoms with van der Waals surface area (Å²) in [6.07, 6.45) is 5.96. The molecule has 19 heavy (non-hydrogen) atoms. The third kappa shape index (κ3) is 1.93. The van der Waals surface area contributed by atoms with Crippen molar-refractivity contribution in [1.29, 1.82) is 5.26 Å². The molecule has 0 unspecified atom stereocenters. The summed E-state index contributed by atoms with van der Waals surface area (Å²) in [5.74, 6) is 0. The molecule has 1 aliphatic heterocycles. The van der Waals surface area contributed by atoms with Crippen LogP contribution in [0, 0.1) is 11.3 Å². The standard InChI is InChI=1S/C13H16N6/c1-15-18-11-3-2-6-19(11)10-4-5-16-13-12(10)9(7-14)8-17-13/h4-5,8,11,15,18H,2-3,6H2,1H3,(H,16,17)/t11-/m1/s1. The topological polar surface area (TPSA) is 79.8 Å². The van der Waals surface area contributed by atoms with Gasteiger partial charge in [-0.05, 0) is 26.0 Å². The van der Waals surface area contributed by atoms with Gasteiger partial charge >= 0.3 is 0 Å². The monoisotopic (exact) mass is 256 g/mol. The van der Waals surface area contributed by atoms with E-state index in [0.29, 0.717) is 5.56 Å². The van der Waals surface area contributed by atoms with Crippen LogP contribution in [-0.2, 0) is 0 Å². The molecule has 98 valence electrons. The number of aromatic nitrogens is 2. The molecule has 2 aromatic rings. The van der Waals surface area contributed by atoms with Crippen molar-refractivity contribution in [2.45, 2.75) is 19.0 Å². The number of hydrogen-bond donors (Lipinski definition) is 3. The Morgan fingerprint density at radius 3 is 3.26 bits per heavy atom. The van der Waals surface area contributed by atoms with E-state index < -0.39 is 0 Å². The van der Waals surface area contributed by atoms with Gasteiger partial charge in [0.1, 0.15) is 11.7 Å². The van der Waals surface area contributed by atoms with E-state index in [-0.39, 0.29) is 6.17 Å². The van der Waals surface area contributed by atoms with E-state index >= 15 is 0 Å². The fourth-order valence-corrected chi connectivity index (χ4v) is 2.74. The summed E-state index contributed by atoms with van der Waals surface area (Å²) < 4.78 is 0. The highest BCUT2D eigenvalue weighted by Gasteiger charge is 2.26. The quantitative estimate of drug-likeness (QED) is 0.716. The van der Waals surface area contributed by atoms with E-state index in [1.165, 1.54) is 0 Å². The summed E-state index contributed by atoms with van der Waals surface area (Å²) in [6.45, 7) is 0.981. The Kier molecular flexibility index (Phi) is 3.07. The first-order valence-electron chi connectivity index (χ1n) is 6.40. The lowest BCUT2D eigenvalue weighted by atomic mass is 10.2. The van der Waals surface area contributed by atoms with Crippen molar-refractivity contribution in [2.75, 3.05) is 18.5 Å². The zero-order valence-electron chi connectivity index (χ0n) is 10.8. The van der Waals surface area contributed by atoms with E-state index in [2.05, 4.69) is 31.8 Å². The summed E-state index contributed by atoms with van der Waals surface area (Å²) in [5, 5.41) is 10.1. The van der Waals surface area contributed by atoms with E-state index in [0.717, 1.165) is 36.1 Å². The van der Waals surface area contributed by atoms with Gasteiger partial charge in [0.15, 0.2) is 0 Å². The average Bonchev–Trinajstić information content (AvgIpc) is 3.05. The molecule has 1 fully saturated rings. The van der Waals surface area contributed by atoms with Crippen LogP contribution in [0.2, 0.25) is 0 Å². The van der Waals surface area contributed by atoms with Crippen molar-refractivity contribution in [3.63, 3.8) is 0 Å². The maximum Gasteiger partial charge on any atom is 0.140 e. The Bertz CT molecular complexity index is 626. The fraction of sp³-hybridized carbons (Fsp3) is 0.385. The second-order valence-electron chi connectivity index (χ2n) is 4.61. The number of hydrogen-bond acceptors (Lipinski definition) is 5. The van der Waals surface area contributed by atoms with Crippen molar-refractivity contribution in [3.05, 3.63) is 24.0 Å². The molecule has 0 amide bonds. The van der Waals surface area contributed by atoms with E-state index in [9.17, 15) is 5.26 Å². The van der Waals surface area contributed by atoms with E-state index in [1.807, 2.05) is 13.1 Å². The first kappa shape index (κ1) is 12.0.